The Morgan fingerprint density at radius 2 is 2.00 bits per heavy atom. The molecule has 4 heteroatoms. The number of hydrogen-bond acceptors (Lipinski definition) is 3. The molecule has 1 rings (SSSR count). The molecule has 0 saturated heterocycles. The third-order valence-electron chi connectivity index (χ3n) is 3.31. The van der Waals surface area contributed by atoms with E-state index in [0.29, 0.717) is 23.8 Å². The lowest BCUT2D eigenvalue weighted by molar-refractivity contribution is 0.0729. The normalized spacial score (nSPS) is 10.7. The molecule has 18 heavy (non-hydrogen) atoms. The zero-order valence-corrected chi connectivity index (χ0v) is 11.5. The number of anilines is 1. The van der Waals surface area contributed by atoms with Crippen LogP contribution in [-0.2, 0) is 0 Å². The molecule has 1 aromatic heterocycles. The van der Waals surface area contributed by atoms with Gasteiger partial charge < -0.3 is 10.6 Å². The molecule has 4 nitrogen and oxygen atoms in total. The number of rotatable bonds is 6. The molecule has 1 aromatic rings. The minimum Gasteiger partial charge on any atom is -0.397 e. The van der Waals surface area contributed by atoms with Crippen LogP contribution in [0.2, 0.25) is 0 Å². The molecule has 1 heterocycles. The van der Waals surface area contributed by atoms with Crippen LogP contribution in [-0.4, -0.2) is 28.9 Å². The molecule has 0 aliphatic rings. The highest BCUT2D eigenvalue weighted by atomic mass is 16.2. The highest BCUT2D eigenvalue weighted by Gasteiger charge is 2.18. The average molecular weight is 249 g/mol. The molecule has 0 aliphatic heterocycles. The second kappa shape index (κ2) is 6.99. The number of carbonyl (C=O) groups is 1. The summed E-state index contributed by atoms with van der Waals surface area (Å²) >= 11 is 0. The Morgan fingerprint density at radius 1 is 1.33 bits per heavy atom. The lowest BCUT2D eigenvalue weighted by atomic mass is 10.0. The SMILES string of the molecule is CCC(CC)CN(CC)C(=O)c1ccc(N)cn1. The maximum absolute atomic E-state index is 12.3. The number of nitrogen functional groups attached to an aromatic ring is 1. The Morgan fingerprint density at radius 3 is 2.44 bits per heavy atom. The molecule has 0 aromatic carbocycles. The summed E-state index contributed by atoms with van der Waals surface area (Å²) in [4.78, 5) is 18.2. The fraction of sp³-hybridized carbons (Fsp3) is 0.571. The first-order valence-electron chi connectivity index (χ1n) is 6.63. The molecule has 0 fully saturated rings. The minimum atomic E-state index is -0.00981. The highest BCUT2D eigenvalue weighted by Crippen LogP contribution is 2.12. The van der Waals surface area contributed by atoms with Crippen LogP contribution in [0.1, 0.15) is 44.1 Å². The fourth-order valence-electron chi connectivity index (χ4n) is 1.91. The number of pyridine rings is 1. The smallest absolute Gasteiger partial charge is 0.272 e. The summed E-state index contributed by atoms with van der Waals surface area (Å²) in [5.74, 6) is 0.548. The topological polar surface area (TPSA) is 59.2 Å². The van der Waals surface area contributed by atoms with Crippen molar-refractivity contribution in [1.29, 1.82) is 0 Å². The van der Waals surface area contributed by atoms with Gasteiger partial charge in [-0.05, 0) is 25.0 Å². The molecule has 0 unspecified atom stereocenters. The number of nitrogens with zero attached hydrogens (tertiary/aromatic N) is 2. The maximum atomic E-state index is 12.3. The predicted molar refractivity (Wildman–Crippen MR) is 74.3 cm³/mol. The fourth-order valence-corrected chi connectivity index (χ4v) is 1.91. The Labute approximate surface area is 109 Å². The van der Waals surface area contributed by atoms with Gasteiger partial charge in [-0.1, -0.05) is 26.7 Å². The first kappa shape index (κ1) is 14.5. The molecular formula is C14H23N3O. The largest absolute Gasteiger partial charge is 0.397 e. The van der Waals surface area contributed by atoms with E-state index in [1.54, 1.807) is 12.1 Å². The van der Waals surface area contributed by atoms with Crippen LogP contribution < -0.4 is 5.73 Å². The minimum absolute atomic E-state index is 0.00981. The molecule has 0 saturated carbocycles. The van der Waals surface area contributed by atoms with Gasteiger partial charge in [0, 0.05) is 13.1 Å². The van der Waals surface area contributed by atoms with Crippen molar-refractivity contribution >= 4 is 11.6 Å². The van der Waals surface area contributed by atoms with Gasteiger partial charge in [-0.25, -0.2) is 4.98 Å². The third kappa shape index (κ3) is 3.72. The van der Waals surface area contributed by atoms with E-state index in [0.717, 1.165) is 19.4 Å². The quantitative estimate of drug-likeness (QED) is 0.843. The van der Waals surface area contributed by atoms with E-state index in [4.69, 9.17) is 5.73 Å². The Balaban J connectivity index is 2.75. The number of nitrogens with two attached hydrogens (primary N) is 1. The van der Waals surface area contributed by atoms with Crippen LogP contribution in [0.15, 0.2) is 18.3 Å². The lowest BCUT2D eigenvalue weighted by Crippen LogP contribution is -2.35. The zero-order valence-electron chi connectivity index (χ0n) is 11.5. The van der Waals surface area contributed by atoms with Crippen molar-refractivity contribution in [2.75, 3.05) is 18.8 Å². The van der Waals surface area contributed by atoms with Gasteiger partial charge in [0.25, 0.3) is 5.91 Å². The number of amides is 1. The molecular weight excluding hydrogens is 226 g/mol. The molecule has 2 N–H and O–H groups in total. The molecule has 0 spiro atoms. The van der Waals surface area contributed by atoms with Crippen LogP contribution in [0.5, 0.6) is 0 Å². The van der Waals surface area contributed by atoms with Crippen molar-refractivity contribution in [1.82, 2.24) is 9.88 Å². The Bertz CT molecular complexity index is 371. The van der Waals surface area contributed by atoms with Gasteiger partial charge in [0.15, 0.2) is 0 Å². The van der Waals surface area contributed by atoms with Crippen LogP contribution in [0.3, 0.4) is 0 Å². The summed E-state index contributed by atoms with van der Waals surface area (Å²) < 4.78 is 0. The third-order valence-corrected chi connectivity index (χ3v) is 3.31. The van der Waals surface area contributed by atoms with Crippen molar-refractivity contribution < 1.29 is 4.79 Å². The van der Waals surface area contributed by atoms with Gasteiger partial charge in [0.2, 0.25) is 0 Å². The van der Waals surface area contributed by atoms with E-state index in [2.05, 4.69) is 18.8 Å². The number of hydrogen-bond donors (Lipinski definition) is 1. The first-order chi connectivity index (χ1) is 8.62. The summed E-state index contributed by atoms with van der Waals surface area (Å²) in [6.45, 7) is 7.83. The van der Waals surface area contributed by atoms with E-state index >= 15 is 0 Å². The van der Waals surface area contributed by atoms with Gasteiger partial charge in [-0.3, -0.25) is 4.79 Å². The number of carbonyl (C=O) groups excluding carboxylic acids is 1. The van der Waals surface area contributed by atoms with Crippen molar-refractivity contribution in [3.63, 3.8) is 0 Å². The molecule has 0 atom stereocenters. The van der Waals surface area contributed by atoms with E-state index in [-0.39, 0.29) is 5.91 Å². The number of aromatic nitrogens is 1. The molecule has 0 aliphatic carbocycles. The molecule has 0 radical (unpaired) electrons. The summed E-state index contributed by atoms with van der Waals surface area (Å²) in [5.41, 5.74) is 6.62. The summed E-state index contributed by atoms with van der Waals surface area (Å²) in [6.07, 6.45) is 3.71. The monoisotopic (exact) mass is 249 g/mol. The van der Waals surface area contributed by atoms with Crippen LogP contribution in [0, 0.1) is 5.92 Å². The standard InChI is InChI=1S/C14H23N3O/c1-4-11(5-2)10-17(6-3)14(18)13-8-7-12(15)9-16-13/h7-9,11H,4-6,10,15H2,1-3H3. The molecule has 100 valence electrons. The van der Waals surface area contributed by atoms with Crippen LogP contribution in [0.4, 0.5) is 5.69 Å². The second-order valence-corrected chi connectivity index (χ2v) is 4.50. The van der Waals surface area contributed by atoms with Crippen LogP contribution in [0.25, 0.3) is 0 Å². The van der Waals surface area contributed by atoms with E-state index in [9.17, 15) is 4.79 Å². The van der Waals surface area contributed by atoms with Crippen molar-refractivity contribution in [2.45, 2.75) is 33.6 Å². The van der Waals surface area contributed by atoms with Gasteiger partial charge >= 0.3 is 0 Å². The summed E-state index contributed by atoms with van der Waals surface area (Å²) in [5, 5.41) is 0. The van der Waals surface area contributed by atoms with E-state index in [1.807, 2.05) is 11.8 Å². The Hall–Kier alpha value is -1.58. The van der Waals surface area contributed by atoms with Crippen LogP contribution >= 0.6 is 0 Å². The van der Waals surface area contributed by atoms with E-state index < -0.39 is 0 Å². The van der Waals surface area contributed by atoms with Crippen molar-refractivity contribution in [2.24, 2.45) is 5.92 Å². The second-order valence-electron chi connectivity index (χ2n) is 4.50. The lowest BCUT2D eigenvalue weighted by Gasteiger charge is -2.25. The van der Waals surface area contributed by atoms with E-state index in [1.165, 1.54) is 6.20 Å². The maximum Gasteiger partial charge on any atom is 0.272 e. The Kier molecular flexibility index (Phi) is 5.62. The van der Waals surface area contributed by atoms with Crippen molar-refractivity contribution in [3.05, 3.63) is 24.0 Å². The highest BCUT2D eigenvalue weighted by molar-refractivity contribution is 5.92. The predicted octanol–water partition coefficient (Wildman–Crippen LogP) is 2.56. The average Bonchev–Trinajstić information content (AvgIpc) is 2.40. The van der Waals surface area contributed by atoms with Gasteiger partial charge in [0.1, 0.15) is 5.69 Å². The summed E-state index contributed by atoms with van der Waals surface area (Å²) in [6, 6.07) is 3.40. The van der Waals surface area contributed by atoms with Gasteiger partial charge in [-0.15, -0.1) is 0 Å². The molecule has 0 bridgehead atoms. The van der Waals surface area contributed by atoms with Gasteiger partial charge in [-0.2, -0.15) is 0 Å². The zero-order chi connectivity index (χ0) is 13.5. The first-order valence-corrected chi connectivity index (χ1v) is 6.63. The van der Waals surface area contributed by atoms with Gasteiger partial charge in [0.05, 0.1) is 11.9 Å². The molecule has 1 amide bonds. The van der Waals surface area contributed by atoms with Crippen molar-refractivity contribution in [3.8, 4) is 0 Å². The summed E-state index contributed by atoms with van der Waals surface area (Å²) in [7, 11) is 0.